The molecule has 4 saturated carbocycles. The first kappa shape index (κ1) is 22.4. The molecule has 0 atom stereocenters. The van der Waals surface area contributed by atoms with Gasteiger partial charge in [0.05, 0.1) is 5.69 Å². The molecule has 0 saturated heterocycles. The number of anilines is 1. The van der Waals surface area contributed by atoms with E-state index in [1.165, 1.54) is 55.0 Å². The lowest BCUT2D eigenvalue weighted by molar-refractivity contribution is -0.00184. The van der Waals surface area contributed by atoms with Gasteiger partial charge in [0.25, 0.3) is 0 Å². The maximum absolute atomic E-state index is 15.6. The molecule has 2 nitrogen and oxygen atoms in total. The van der Waals surface area contributed by atoms with Gasteiger partial charge in [0.15, 0.2) is 7.14 Å². The number of nitrogens with zero attached hydrogens (tertiary/aromatic N) is 1. The second-order valence-electron chi connectivity index (χ2n) is 11.6. The van der Waals surface area contributed by atoms with Gasteiger partial charge in [-0.2, -0.15) is 0 Å². The van der Waals surface area contributed by atoms with E-state index in [1.54, 1.807) is 0 Å². The zero-order valence-corrected chi connectivity index (χ0v) is 21.9. The maximum atomic E-state index is 15.6. The number of hydrogen-bond acceptors (Lipinski definition) is 2. The fourth-order valence-electron chi connectivity index (χ4n) is 8.27. The molecule has 4 bridgehead atoms. The van der Waals surface area contributed by atoms with Crippen LogP contribution in [0.2, 0.25) is 0 Å². The third-order valence-electron chi connectivity index (χ3n) is 9.51. The molecule has 3 heteroatoms. The Morgan fingerprint density at radius 2 is 1.17 bits per heavy atom. The highest BCUT2D eigenvalue weighted by atomic mass is 31.2. The number of fused-ring (bicyclic) bond motifs is 1. The molecular weight excluding hydrogens is 457 g/mol. The van der Waals surface area contributed by atoms with Crippen LogP contribution in [0.15, 0.2) is 97.1 Å². The quantitative estimate of drug-likeness (QED) is 0.284. The van der Waals surface area contributed by atoms with Crippen LogP contribution in [0.1, 0.15) is 38.5 Å². The van der Waals surface area contributed by atoms with Crippen LogP contribution in [0.25, 0.3) is 10.8 Å². The molecule has 0 N–H and O–H groups in total. The Hall–Kier alpha value is -2.83. The minimum atomic E-state index is -3.11. The van der Waals surface area contributed by atoms with Crippen molar-refractivity contribution in [1.29, 1.82) is 0 Å². The van der Waals surface area contributed by atoms with E-state index in [4.69, 9.17) is 0 Å². The molecule has 0 heterocycles. The largest absolute Gasteiger partial charge is 0.368 e. The first-order valence-corrected chi connectivity index (χ1v) is 15.2. The maximum Gasteiger partial charge on any atom is 0.173 e. The summed E-state index contributed by atoms with van der Waals surface area (Å²) in [6.45, 7) is 0. The van der Waals surface area contributed by atoms with Crippen LogP contribution in [-0.2, 0) is 4.57 Å². The molecule has 182 valence electrons. The highest BCUT2D eigenvalue weighted by Crippen LogP contribution is 2.59. The highest BCUT2D eigenvalue weighted by molar-refractivity contribution is 7.85. The summed E-state index contributed by atoms with van der Waals surface area (Å²) in [6.07, 6.45) is 8.09. The summed E-state index contributed by atoms with van der Waals surface area (Å²) in [4.78, 5) is 2.62. The smallest absolute Gasteiger partial charge is 0.173 e. The molecule has 4 aliphatic rings. The normalized spacial score (nSPS) is 26.9. The van der Waals surface area contributed by atoms with Gasteiger partial charge in [-0.25, -0.2) is 0 Å². The molecule has 0 spiro atoms. The molecule has 4 aliphatic carbocycles. The number of benzene rings is 4. The summed E-state index contributed by atoms with van der Waals surface area (Å²) >= 11 is 0. The summed E-state index contributed by atoms with van der Waals surface area (Å²) in [7, 11) is -0.788. The molecule has 4 aromatic carbocycles. The Bertz CT molecular complexity index is 1380. The minimum absolute atomic E-state index is 0.172. The fraction of sp³-hybridized carbons (Fsp3) is 0.333. The molecule has 8 rings (SSSR count). The van der Waals surface area contributed by atoms with E-state index in [9.17, 15) is 0 Å². The van der Waals surface area contributed by atoms with Crippen LogP contribution in [-0.4, -0.2) is 12.6 Å². The Morgan fingerprint density at radius 3 is 1.72 bits per heavy atom. The van der Waals surface area contributed by atoms with E-state index in [0.29, 0.717) is 0 Å². The van der Waals surface area contributed by atoms with Crippen LogP contribution < -0.4 is 20.8 Å². The summed E-state index contributed by atoms with van der Waals surface area (Å²) in [6, 6.07) is 33.4. The second-order valence-corrected chi connectivity index (χ2v) is 14.4. The van der Waals surface area contributed by atoms with Crippen LogP contribution in [0.3, 0.4) is 0 Å². The Morgan fingerprint density at radius 1 is 0.667 bits per heavy atom. The lowest BCUT2D eigenvalue weighted by Crippen LogP contribution is -2.59. The molecular formula is C33H34NOP. The van der Waals surface area contributed by atoms with Crippen molar-refractivity contribution >= 4 is 39.5 Å². The SMILES string of the molecule is CN(c1c(P(=O)(c2ccccc2)c2ccccc2)ccc2ccccc12)C12CC3CC(CC(C3)C1)C2. The van der Waals surface area contributed by atoms with Gasteiger partial charge < -0.3 is 9.46 Å². The molecule has 36 heavy (non-hydrogen) atoms. The van der Waals surface area contributed by atoms with Crippen molar-refractivity contribution in [2.24, 2.45) is 17.8 Å². The second kappa shape index (κ2) is 8.35. The van der Waals surface area contributed by atoms with E-state index in [1.807, 2.05) is 36.4 Å². The zero-order valence-electron chi connectivity index (χ0n) is 21.0. The van der Waals surface area contributed by atoms with Crippen molar-refractivity contribution < 1.29 is 4.57 Å². The topological polar surface area (TPSA) is 20.3 Å². The van der Waals surface area contributed by atoms with Gasteiger partial charge in [0.2, 0.25) is 0 Å². The number of rotatable bonds is 5. The third-order valence-corrected chi connectivity index (χ3v) is 12.6. The monoisotopic (exact) mass is 491 g/mol. The van der Waals surface area contributed by atoms with Crippen molar-refractivity contribution in [3.8, 4) is 0 Å². The zero-order chi connectivity index (χ0) is 24.3. The van der Waals surface area contributed by atoms with E-state index < -0.39 is 7.14 Å². The van der Waals surface area contributed by atoms with Gasteiger partial charge in [-0.3, -0.25) is 0 Å². The summed E-state index contributed by atoms with van der Waals surface area (Å²) in [5, 5.41) is 5.25. The fourth-order valence-corrected chi connectivity index (χ4v) is 11.2. The first-order valence-electron chi connectivity index (χ1n) is 13.5. The molecule has 0 aromatic heterocycles. The van der Waals surface area contributed by atoms with E-state index in [0.717, 1.165) is 33.7 Å². The van der Waals surface area contributed by atoms with Gasteiger partial charge in [-0.15, -0.1) is 0 Å². The summed E-state index contributed by atoms with van der Waals surface area (Å²) < 4.78 is 15.6. The molecule has 0 radical (unpaired) electrons. The third kappa shape index (κ3) is 3.34. The van der Waals surface area contributed by atoms with Gasteiger partial charge in [-0.1, -0.05) is 91.0 Å². The predicted octanol–water partition coefficient (Wildman–Crippen LogP) is 6.88. The van der Waals surface area contributed by atoms with Gasteiger partial charge in [0.1, 0.15) is 0 Å². The molecule has 4 aromatic rings. The lowest BCUT2D eigenvalue weighted by Gasteiger charge is -2.60. The van der Waals surface area contributed by atoms with Crippen molar-refractivity contribution in [3.63, 3.8) is 0 Å². The van der Waals surface area contributed by atoms with Crippen molar-refractivity contribution in [2.75, 3.05) is 11.9 Å². The predicted molar refractivity (Wildman–Crippen MR) is 153 cm³/mol. The Labute approximate surface area is 214 Å². The van der Waals surface area contributed by atoms with E-state index >= 15 is 4.57 Å². The van der Waals surface area contributed by atoms with E-state index in [2.05, 4.69) is 72.6 Å². The van der Waals surface area contributed by atoms with Gasteiger partial charge in [0, 0.05) is 33.9 Å². The van der Waals surface area contributed by atoms with Crippen LogP contribution >= 0.6 is 7.14 Å². The van der Waals surface area contributed by atoms with Gasteiger partial charge in [-0.05, 0) is 67.7 Å². The Kier molecular flexibility index (Phi) is 5.19. The molecule has 0 aliphatic heterocycles. The molecule has 0 unspecified atom stereocenters. The summed E-state index contributed by atoms with van der Waals surface area (Å²) in [5.74, 6) is 2.56. The molecule has 4 fully saturated rings. The number of hydrogen-bond donors (Lipinski definition) is 0. The van der Waals surface area contributed by atoms with Crippen LogP contribution in [0.4, 0.5) is 5.69 Å². The average molecular weight is 492 g/mol. The Balaban J connectivity index is 1.50. The first-order chi connectivity index (χ1) is 17.6. The van der Waals surface area contributed by atoms with E-state index in [-0.39, 0.29) is 5.54 Å². The standard InChI is InChI=1S/C33H34NOP/c1-34(33-21-24-18-25(22-33)20-26(19-24)23-33)32-30-15-9-8-10-27(30)16-17-31(32)36(35,28-11-4-2-5-12-28)29-13-6-3-7-14-29/h2-17,24-26H,18-23H2,1H3. The highest BCUT2D eigenvalue weighted by Gasteiger charge is 2.53. The minimum Gasteiger partial charge on any atom is -0.368 e. The van der Waals surface area contributed by atoms with Gasteiger partial charge >= 0.3 is 0 Å². The average Bonchev–Trinajstić information content (AvgIpc) is 2.92. The van der Waals surface area contributed by atoms with Crippen LogP contribution in [0, 0.1) is 17.8 Å². The van der Waals surface area contributed by atoms with Crippen LogP contribution in [0.5, 0.6) is 0 Å². The van der Waals surface area contributed by atoms with Crippen molar-refractivity contribution in [1.82, 2.24) is 0 Å². The molecule has 0 amide bonds. The van der Waals surface area contributed by atoms with Crippen molar-refractivity contribution in [2.45, 2.75) is 44.1 Å². The lowest BCUT2D eigenvalue weighted by atomic mass is 9.52. The summed E-state index contributed by atoms with van der Waals surface area (Å²) in [5.41, 5.74) is 1.36. The van der Waals surface area contributed by atoms with Crippen molar-refractivity contribution in [3.05, 3.63) is 97.1 Å².